The van der Waals surface area contributed by atoms with E-state index in [1.165, 1.54) is 12.0 Å². The zero-order chi connectivity index (χ0) is 48.0. The minimum absolute atomic E-state index is 0.0673. The summed E-state index contributed by atoms with van der Waals surface area (Å²) >= 11 is 0. The van der Waals surface area contributed by atoms with Crippen molar-refractivity contribution in [2.24, 2.45) is 35.5 Å². The average molecular weight is 914 g/mol. The largest absolute Gasteiger partial charge is 0.461 e. The van der Waals surface area contributed by atoms with E-state index in [-0.39, 0.29) is 54.1 Å². The molecule has 13 heteroatoms. The van der Waals surface area contributed by atoms with E-state index in [9.17, 15) is 34.5 Å². The Kier molecular flexibility index (Phi) is 21.8. The van der Waals surface area contributed by atoms with E-state index in [1.54, 1.807) is 21.0 Å². The van der Waals surface area contributed by atoms with E-state index in [0.717, 1.165) is 18.4 Å². The van der Waals surface area contributed by atoms with Crippen molar-refractivity contribution in [1.82, 2.24) is 4.90 Å². The molecule has 13 nitrogen and oxygen atoms in total. The molecule has 15 atom stereocenters. The number of hydrogen-bond acceptors (Lipinski definition) is 12. The van der Waals surface area contributed by atoms with E-state index in [4.69, 9.17) is 23.7 Å². The normalized spacial score (nSPS) is 40.4. The summed E-state index contributed by atoms with van der Waals surface area (Å²) in [6.07, 6.45) is 14.6. The van der Waals surface area contributed by atoms with Crippen molar-refractivity contribution in [3.05, 3.63) is 47.6 Å². The van der Waals surface area contributed by atoms with Crippen molar-refractivity contribution >= 4 is 23.4 Å². The number of carbonyl (C=O) groups is 4. The van der Waals surface area contributed by atoms with Crippen LogP contribution in [0.5, 0.6) is 0 Å². The molecule has 0 aromatic heterocycles. The Morgan fingerprint density at radius 3 is 2.28 bits per heavy atom. The Bertz CT molecular complexity index is 1690. The number of esters is 1. The number of allylic oxidation sites excluding steroid dienone is 6. The van der Waals surface area contributed by atoms with Crippen molar-refractivity contribution in [3.63, 3.8) is 0 Å². The van der Waals surface area contributed by atoms with Crippen LogP contribution in [0.1, 0.15) is 139 Å². The Morgan fingerprint density at radius 1 is 0.846 bits per heavy atom. The Hall–Kier alpha value is -3.04. The third kappa shape index (κ3) is 15.0. The van der Waals surface area contributed by atoms with Gasteiger partial charge in [0.25, 0.3) is 11.7 Å². The molecule has 3 heterocycles. The van der Waals surface area contributed by atoms with Gasteiger partial charge in [0.15, 0.2) is 5.78 Å². The number of methoxy groups -OCH3 is 2. The molecule has 4 aliphatic rings. The molecule has 3 N–H and O–H groups in total. The molecule has 0 aromatic carbocycles. The van der Waals surface area contributed by atoms with Crippen molar-refractivity contribution in [2.45, 2.75) is 193 Å². The van der Waals surface area contributed by atoms with Gasteiger partial charge in [-0.1, -0.05) is 71.1 Å². The SMILES string of the molecule is CCOC1CC2CCC(C)C(O)(O2)C(=O)C(=O)N2CCCCC2C(=O)OC(C(C)CC2CCC(O)C(OC)C2)CCC(C)/C=C(\C)C(O)C(OC)C(=O)C(C)CC(C)/C=C/C=C/C=C/1C. The molecule has 0 radical (unpaired) electrons. The fourth-order valence-corrected chi connectivity index (χ4v) is 10.4. The van der Waals surface area contributed by atoms with Gasteiger partial charge >= 0.3 is 5.97 Å². The molecule has 3 aliphatic heterocycles. The number of carbonyl (C=O) groups excluding carboxylic acids is 4. The minimum atomic E-state index is -2.38. The van der Waals surface area contributed by atoms with Crippen LogP contribution in [0.4, 0.5) is 0 Å². The minimum Gasteiger partial charge on any atom is -0.461 e. The van der Waals surface area contributed by atoms with Crippen LogP contribution in [0.25, 0.3) is 0 Å². The van der Waals surface area contributed by atoms with Gasteiger partial charge < -0.3 is 43.9 Å². The number of rotatable bonds is 7. The third-order valence-electron chi connectivity index (χ3n) is 14.6. The van der Waals surface area contributed by atoms with Crippen LogP contribution < -0.4 is 0 Å². The molecule has 1 aliphatic carbocycles. The number of cyclic esters (lactones) is 1. The molecule has 0 aromatic rings. The van der Waals surface area contributed by atoms with Gasteiger partial charge in [0.1, 0.15) is 24.4 Å². The highest BCUT2D eigenvalue weighted by molar-refractivity contribution is 6.39. The first-order valence-electron chi connectivity index (χ1n) is 24.6. The van der Waals surface area contributed by atoms with Crippen LogP contribution in [0.15, 0.2) is 47.6 Å². The number of aliphatic hydroxyl groups excluding tert-OH is 2. The number of nitrogens with zero attached hydrogens (tertiary/aromatic N) is 1. The van der Waals surface area contributed by atoms with Gasteiger partial charge in [-0.2, -0.15) is 0 Å². The monoisotopic (exact) mass is 914 g/mol. The Labute approximate surface area is 389 Å². The Morgan fingerprint density at radius 2 is 1.58 bits per heavy atom. The molecule has 65 heavy (non-hydrogen) atoms. The van der Waals surface area contributed by atoms with Crippen molar-refractivity contribution in [1.29, 1.82) is 0 Å². The summed E-state index contributed by atoms with van der Waals surface area (Å²) in [4.78, 5) is 57.9. The maximum Gasteiger partial charge on any atom is 0.329 e. The number of ether oxygens (including phenoxy) is 5. The van der Waals surface area contributed by atoms with E-state index < -0.39 is 65.9 Å². The molecular weight excluding hydrogens is 831 g/mol. The number of hydrogen-bond donors (Lipinski definition) is 3. The highest BCUT2D eigenvalue weighted by Gasteiger charge is 2.53. The van der Waals surface area contributed by atoms with Gasteiger partial charge in [0.2, 0.25) is 5.79 Å². The van der Waals surface area contributed by atoms with E-state index >= 15 is 0 Å². The molecule has 3 fully saturated rings. The average Bonchev–Trinajstić information content (AvgIpc) is 3.28. The maximum atomic E-state index is 14.4. The van der Waals surface area contributed by atoms with Gasteiger partial charge in [-0.15, -0.1) is 0 Å². The lowest BCUT2D eigenvalue weighted by Crippen LogP contribution is -2.61. The van der Waals surface area contributed by atoms with E-state index in [2.05, 4.69) is 6.92 Å². The van der Waals surface area contributed by atoms with Crippen LogP contribution in [0, 0.1) is 35.5 Å². The van der Waals surface area contributed by atoms with Gasteiger partial charge in [0, 0.05) is 45.6 Å². The van der Waals surface area contributed by atoms with Crippen molar-refractivity contribution in [2.75, 3.05) is 27.4 Å². The van der Waals surface area contributed by atoms with Crippen LogP contribution in [0.3, 0.4) is 0 Å². The van der Waals surface area contributed by atoms with Gasteiger partial charge in [-0.3, -0.25) is 14.4 Å². The molecule has 1 saturated carbocycles. The number of ketones is 2. The number of aliphatic hydroxyl groups is 3. The summed E-state index contributed by atoms with van der Waals surface area (Å²) in [5, 5.41) is 34.0. The lowest BCUT2D eigenvalue weighted by atomic mass is 9.78. The predicted octanol–water partition coefficient (Wildman–Crippen LogP) is 7.39. The summed E-state index contributed by atoms with van der Waals surface area (Å²) in [5.41, 5.74) is 1.53. The molecule has 2 saturated heterocycles. The summed E-state index contributed by atoms with van der Waals surface area (Å²) in [6.45, 7) is 15.9. The second-order valence-corrected chi connectivity index (χ2v) is 19.9. The fraction of sp³-hybridized carbons (Fsp3) is 0.769. The summed E-state index contributed by atoms with van der Waals surface area (Å²) in [6, 6.07) is -1.02. The first kappa shape index (κ1) is 54.6. The lowest BCUT2D eigenvalue weighted by molar-refractivity contribution is -0.266. The molecule has 368 valence electrons. The van der Waals surface area contributed by atoms with Gasteiger partial charge in [0.05, 0.1) is 24.4 Å². The zero-order valence-electron chi connectivity index (χ0n) is 41.1. The Balaban J connectivity index is 1.68. The fourth-order valence-electron chi connectivity index (χ4n) is 10.4. The standard InChI is InChI=1S/C52H83NO12/c1-11-63-44-31-40-23-21-38(8)52(60,65-40)49(57)50(58)53-26-16-15-19-41(53)51(59)64-43(35(5)29-39-22-24-42(54)45(30-39)61-9)25-20-33(3)28-37(7)47(56)48(62-10)46(55)36(6)27-32(2)17-13-12-14-18-34(44)4/h12-14,17-18,28,32-33,35-36,38-45,47-48,54,56,60H,11,15-16,19-27,29-31H2,1-10H3/b14-12+,17-13+,34-18+,37-28+. The smallest absolute Gasteiger partial charge is 0.329 e. The quantitative estimate of drug-likeness (QED) is 0.131. The van der Waals surface area contributed by atoms with Crippen LogP contribution >= 0.6 is 0 Å². The number of amides is 1. The first-order chi connectivity index (χ1) is 30.8. The zero-order valence-corrected chi connectivity index (χ0v) is 41.1. The number of piperidine rings is 1. The van der Waals surface area contributed by atoms with E-state index in [1.807, 2.05) is 71.1 Å². The third-order valence-corrected chi connectivity index (χ3v) is 14.6. The van der Waals surface area contributed by atoms with Gasteiger partial charge in [-0.05, 0) is 133 Å². The summed E-state index contributed by atoms with van der Waals surface area (Å²) < 4.78 is 30.0. The molecule has 15 unspecified atom stereocenters. The van der Waals surface area contributed by atoms with Crippen molar-refractivity contribution < 1.29 is 58.2 Å². The van der Waals surface area contributed by atoms with Crippen molar-refractivity contribution in [3.8, 4) is 0 Å². The molecule has 1 amide bonds. The molecule has 4 rings (SSSR count). The highest BCUT2D eigenvalue weighted by atomic mass is 16.6. The summed E-state index contributed by atoms with van der Waals surface area (Å²) in [5.74, 6) is -6.08. The van der Waals surface area contributed by atoms with E-state index in [0.29, 0.717) is 82.8 Å². The highest BCUT2D eigenvalue weighted by Crippen LogP contribution is 2.38. The number of Topliss-reactive ketones (excluding diaryl/α,β-unsaturated/α-hetero) is 2. The second-order valence-electron chi connectivity index (χ2n) is 19.9. The van der Waals surface area contributed by atoms with Gasteiger partial charge in [-0.25, -0.2) is 4.79 Å². The van der Waals surface area contributed by atoms with Crippen LogP contribution in [0.2, 0.25) is 0 Å². The molecular formula is C52H83NO12. The number of fused-ring (bicyclic) bond motifs is 3. The predicted molar refractivity (Wildman–Crippen MR) is 249 cm³/mol. The summed E-state index contributed by atoms with van der Waals surface area (Å²) in [7, 11) is 3.05. The van der Waals surface area contributed by atoms with Crippen LogP contribution in [-0.4, -0.2) is 126 Å². The van der Waals surface area contributed by atoms with Crippen LogP contribution in [-0.2, 0) is 42.9 Å². The topological polar surface area (TPSA) is 178 Å². The molecule has 0 spiro atoms. The lowest BCUT2D eigenvalue weighted by Gasteiger charge is -2.43. The molecule has 2 bridgehead atoms. The maximum absolute atomic E-state index is 14.4. The first-order valence-corrected chi connectivity index (χ1v) is 24.6. The second kappa shape index (κ2) is 25.9.